The summed E-state index contributed by atoms with van der Waals surface area (Å²) in [6.45, 7) is 9.19. The van der Waals surface area contributed by atoms with Crippen molar-refractivity contribution in [2.24, 2.45) is 0 Å². The number of benzene rings is 2. The first-order chi connectivity index (χ1) is 18.8. The zero-order chi connectivity index (χ0) is 29.1. The summed E-state index contributed by atoms with van der Waals surface area (Å²) in [6.07, 6.45) is -9.63. The van der Waals surface area contributed by atoms with Crippen molar-refractivity contribution in [2.75, 3.05) is 59.0 Å². The van der Waals surface area contributed by atoms with Crippen LogP contribution in [0.2, 0.25) is 0 Å². The molecule has 0 spiro atoms. The van der Waals surface area contributed by atoms with Gasteiger partial charge in [0.25, 0.3) is 5.91 Å². The first-order valence-corrected chi connectivity index (χ1v) is 13.3. The van der Waals surface area contributed by atoms with E-state index < -0.39 is 41.0 Å². The van der Waals surface area contributed by atoms with E-state index >= 15 is 0 Å². The van der Waals surface area contributed by atoms with Crippen molar-refractivity contribution in [3.05, 3.63) is 69.8 Å². The number of morpholine rings is 1. The van der Waals surface area contributed by atoms with Gasteiger partial charge in [0.2, 0.25) is 0 Å². The number of hydrazine groups is 1. The average Bonchev–Trinajstić information content (AvgIpc) is 2.90. The number of hydrogen-bond donors (Lipinski definition) is 1. The Labute approximate surface area is 229 Å². The molecule has 12 heteroatoms. The molecule has 6 nitrogen and oxygen atoms in total. The summed E-state index contributed by atoms with van der Waals surface area (Å²) in [5, 5.41) is 2.09. The number of nitrogens with one attached hydrogen (secondary N) is 1. The molecule has 1 atom stereocenters. The fraction of sp³-hybridized carbons (Fsp3) is 0.536. The summed E-state index contributed by atoms with van der Waals surface area (Å²) in [5.41, 5.74) is 2.86. The Balaban J connectivity index is 1.56. The molecule has 4 rings (SSSR count). The van der Waals surface area contributed by atoms with Crippen LogP contribution in [0.4, 0.5) is 26.3 Å². The lowest BCUT2D eigenvalue weighted by Gasteiger charge is -2.42. The molecular weight excluding hydrogens is 538 g/mol. The zero-order valence-corrected chi connectivity index (χ0v) is 22.5. The first-order valence-electron chi connectivity index (χ1n) is 13.3. The minimum atomic E-state index is -5.03. The van der Waals surface area contributed by atoms with Gasteiger partial charge in [-0.2, -0.15) is 26.3 Å². The smallest absolute Gasteiger partial charge is 0.379 e. The number of alkyl halides is 6. The molecule has 2 fully saturated rings. The minimum absolute atomic E-state index is 0.0444. The van der Waals surface area contributed by atoms with Crippen molar-refractivity contribution in [3.8, 4) is 0 Å². The summed E-state index contributed by atoms with van der Waals surface area (Å²) in [7, 11) is 0. The Morgan fingerprint density at radius 1 is 0.900 bits per heavy atom. The van der Waals surface area contributed by atoms with Gasteiger partial charge in [-0.05, 0) is 55.2 Å². The molecule has 2 aromatic rings. The van der Waals surface area contributed by atoms with E-state index in [1.54, 1.807) is 0 Å². The van der Waals surface area contributed by atoms with Crippen molar-refractivity contribution < 1.29 is 35.9 Å². The summed E-state index contributed by atoms with van der Waals surface area (Å²) < 4.78 is 86.1. The number of ether oxygens (including phenoxy) is 1. The van der Waals surface area contributed by atoms with Crippen LogP contribution in [0.5, 0.6) is 0 Å². The molecule has 220 valence electrons. The second kappa shape index (κ2) is 12.5. The number of halogens is 6. The highest BCUT2D eigenvalue weighted by atomic mass is 19.4. The highest BCUT2D eigenvalue weighted by Crippen LogP contribution is 2.37. The van der Waals surface area contributed by atoms with Gasteiger partial charge in [0.1, 0.15) is 0 Å². The van der Waals surface area contributed by atoms with Gasteiger partial charge < -0.3 is 9.64 Å². The molecule has 2 heterocycles. The Hall–Kier alpha value is -2.67. The number of aryl methyl sites for hydroxylation is 2. The SMILES string of the molecule is Cc1ccc(CC2CN(CCNN3CCOCC3)CCN2C(=O)c2cc(C(F)(F)F)cc(C(F)(F)F)c2)cc1C. The molecule has 2 aromatic carbocycles. The van der Waals surface area contributed by atoms with E-state index in [0.29, 0.717) is 57.9 Å². The predicted molar refractivity (Wildman–Crippen MR) is 138 cm³/mol. The van der Waals surface area contributed by atoms with Crippen molar-refractivity contribution >= 4 is 5.91 Å². The van der Waals surface area contributed by atoms with Crippen LogP contribution in [0.25, 0.3) is 0 Å². The van der Waals surface area contributed by atoms with E-state index in [2.05, 4.69) is 15.3 Å². The number of piperazine rings is 1. The van der Waals surface area contributed by atoms with Gasteiger partial charge in [-0.1, -0.05) is 18.2 Å². The normalized spacial score (nSPS) is 19.7. The molecule has 0 saturated carbocycles. The fourth-order valence-electron chi connectivity index (χ4n) is 5.10. The molecule has 0 aliphatic carbocycles. The third-order valence-corrected chi connectivity index (χ3v) is 7.48. The van der Waals surface area contributed by atoms with Crippen LogP contribution in [0.1, 0.15) is 38.2 Å². The molecular formula is C28H34F6N4O2. The Morgan fingerprint density at radius 2 is 1.55 bits per heavy atom. The Kier molecular flexibility index (Phi) is 9.44. The van der Waals surface area contributed by atoms with Gasteiger partial charge in [-0.3, -0.25) is 15.1 Å². The largest absolute Gasteiger partial charge is 0.416 e. The maximum absolute atomic E-state index is 13.5. The standard InChI is InChI=1S/C28H34F6N4O2/c1-19-3-4-21(13-20(19)2)14-25-18-36(6-5-35-37-9-11-40-12-10-37)7-8-38(25)26(39)22-15-23(27(29,30)31)17-24(16-22)28(32,33)34/h3-4,13,15-17,25,35H,5-12,14,18H2,1-2H3. The lowest BCUT2D eigenvalue weighted by Crippen LogP contribution is -2.57. The van der Waals surface area contributed by atoms with Gasteiger partial charge >= 0.3 is 12.4 Å². The maximum atomic E-state index is 13.5. The van der Waals surface area contributed by atoms with Crippen molar-refractivity contribution in [1.82, 2.24) is 20.2 Å². The number of amides is 1. The molecule has 1 unspecified atom stereocenters. The molecule has 2 aliphatic rings. The van der Waals surface area contributed by atoms with Crippen LogP contribution < -0.4 is 5.43 Å². The average molecular weight is 573 g/mol. The molecule has 0 radical (unpaired) electrons. The van der Waals surface area contributed by atoms with E-state index in [1.807, 2.05) is 32.0 Å². The Bertz CT molecular complexity index is 1150. The van der Waals surface area contributed by atoms with Gasteiger partial charge in [0.15, 0.2) is 0 Å². The highest BCUT2D eigenvalue weighted by molar-refractivity contribution is 5.95. The summed E-state index contributed by atoms with van der Waals surface area (Å²) in [5.74, 6) is -0.837. The third kappa shape index (κ3) is 7.74. The number of hydrogen-bond acceptors (Lipinski definition) is 5. The molecule has 40 heavy (non-hydrogen) atoms. The van der Waals surface area contributed by atoms with E-state index in [9.17, 15) is 31.1 Å². The third-order valence-electron chi connectivity index (χ3n) is 7.48. The number of carbonyl (C=O) groups is 1. The first kappa shape index (κ1) is 30.3. The number of rotatable bonds is 7. The minimum Gasteiger partial charge on any atom is -0.379 e. The van der Waals surface area contributed by atoms with Gasteiger partial charge in [0.05, 0.1) is 24.3 Å². The van der Waals surface area contributed by atoms with Crippen LogP contribution >= 0.6 is 0 Å². The van der Waals surface area contributed by atoms with Crippen LogP contribution in [0.3, 0.4) is 0 Å². The monoisotopic (exact) mass is 572 g/mol. The maximum Gasteiger partial charge on any atom is 0.416 e. The van der Waals surface area contributed by atoms with Gasteiger partial charge in [0, 0.05) is 57.4 Å². The topological polar surface area (TPSA) is 48.0 Å². The Morgan fingerprint density at radius 3 is 2.15 bits per heavy atom. The number of nitrogens with zero attached hydrogens (tertiary/aromatic N) is 3. The number of carbonyl (C=O) groups excluding carboxylic acids is 1. The summed E-state index contributed by atoms with van der Waals surface area (Å²) >= 11 is 0. The summed E-state index contributed by atoms with van der Waals surface area (Å²) in [4.78, 5) is 17.1. The zero-order valence-electron chi connectivity index (χ0n) is 22.5. The highest BCUT2D eigenvalue weighted by Gasteiger charge is 2.39. The summed E-state index contributed by atoms with van der Waals surface area (Å²) in [6, 6.07) is 6.55. The second-order valence-corrected chi connectivity index (χ2v) is 10.4. The molecule has 2 aliphatic heterocycles. The fourth-order valence-corrected chi connectivity index (χ4v) is 5.10. The van der Waals surface area contributed by atoms with Gasteiger partial charge in [-0.25, -0.2) is 5.01 Å². The molecule has 0 aromatic heterocycles. The molecule has 1 N–H and O–H groups in total. The van der Waals surface area contributed by atoms with Crippen molar-refractivity contribution in [1.29, 1.82) is 0 Å². The van der Waals surface area contributed by atoms with Crippen LogP contribution in [-0.4, -0.2) is 85.8 Å². The van der Waals surface area contributed by atoms with Crippen LogP contribution in [0.15, 0.2) is 36.4 Å². The van der Waals surface area contributed by atoms with Crippen LogP contribution in [-0.2, 0) is 23.5 Å². The second-order valence-electron chi connectivity index (χ2n) is 10.4. The van der Waals surface area contributed by atoms with Crippen LogP contribution in [0, 0.1) is 13.8 Å². The lowest BCUT2D eigenvalue weighted by molar-refractivity contribution is -0.143. The van der Waals surface area contributed by atoms with E-state index in [-0.39, 0.29) is 12.6 Å². The molecule has 2 saturated heterocycles. The van der Waals surface area contributed by atoms with E-state index in [1.165, 1.54) is 4.90 Å². The quantitative estimate of drug-likeness (QED) is 0.494. The van der Waals surface area contributed by atoms with Crippen molar-refractivity contribution in [3.63, 3.8) is 0 Å². The van der Waals surface area contributed by atoms with Crippen molar-refractivity contribution in [2.45, 2.75) is 38.7 Å². The molecule has 0 bridgehead atoms. The van der Waals surface area contributed by atoms with E-state index in [0.717, 1.165) is 29.8 Å². The predicted octanol–water partition coefficient (Wildman–Crippen LogP) is 4.55. The lowest BCUT2D eigenvalue weighted by atomic mass is 9.97. The van der Waals surface area contributed by atoms with E-state index in [4.69, 9.17) is 4.74 Å². The molecule has 1 amide bonds. The van der Waals surface area contributed by atoms with Gasteiger partial charge in [-0.15, -0.1) is 0 Å².